The minimum Gasteiger partial charge on any atom is -0.462 e. The van der Waals surface area contributed by atoms with E-state index >= 15 is 0 Å². The second kappa shape index (κ2) is 43.4. The van der Waals surface area contributed by atoms with E-state index in [2.05, 4.69) is 62.5 Å². The molecule has 2 fully saturated rings. The summed E-state index contributed by atoms with van der Waals surface area (Å²) in [6, 6.07) is 0. The highest BCUT2D eigenvalue weighted by Gasteiger charge is 2.47. The summed E-state index contributed by atoms with van der Waals surface area (Å²) in [6.07, 6.45) is 34.0. The first-order valence-corrected chi connectivity index (χ1v) is 27.9. The summed E-state index contributed by atoms with van der Waals surface area (Å²) in [6.45, 7) is 2.50. The number of hydrogen-bond donors (Lipinski definition) is 7. The van der Waals surface area contributed by atoms with Crippen molar-refractivity contribution in [2.75, 3.05) is 26.4 Å². The molecule has 11 atom stereocenters. The first-order chi connectivity index (χ1) is 35.0. The topological polar surface area (TPSA) is 231 Å². The number of allylic oxidation sites excluding steroid dienone is 10. The number of carbonyl (C=O) groups excluding carboxylic acids is 2. The highest BCUT2D eigenvalue weighted by atomic mass is 16.7. The maximum Gasteiger partial charge on any atom is 0.306 e. The standard InChI is InChI=1S/C57H98O15/c1-3-5-7-9-11-13-15-17-19-21-22-24-26-28-30-32-34-36-38-40-49(60)70-45(42-67-48(59)39-37-35-33-31-29-27-25-23-20-18-16-14-12-10-8-6-4-2)43-68-56-55(66)53(64)51(62)47(72-56)44-69-57-54(65)52(63)50(61)46(41-58)71-57/h11,13,17,19,22,24,28,30,34,36,45-47,50-58,61-66H,3-10,12,14-16,18,20-21,23,25-27,29,31-33,35,37-44H2,1-2H3/b13-11+,19-17+,24-22+,30-28+,36-34+/t45-,46+,47+,50-,51-,52?,53?,54?,55?,56+,57+/m1/s1. The molecule has 2 aliphatic rings. The van der Waals surface area contributed by atoms with E-state index in [9.17, 15) is 45.3 Å². The van der Waals surface area contributed by atoms with Gasteiger partial charge < -0.3 is 64.2 Å². The van der Waals surface area contributed by atoms with E-state index < -0.39 is 99.3 Å². The van der Waals surface area contributed by atoms with Crippen LogP contribution < -0.4 is 0 Å². The van der Waals surface area contributed by atoms with E-state index in [1.54, 1.807) is 0 Å². The van der Waals surface area contributed by atoms with Crippen molar-refractivity contribution in [2.45, 2.75) is 261 Å². The van der Waals surface area contributed by atoms with Crippen LogP contribution in [0, 0.1) is 0 Å². The SMILES string of the molecule is CCCCC/C=C/C/C=C/C/C=C/C/C=C/C/C=C/CCC(=O)O[C@H](COC(=O)CCCCCCCCCCCCCCCCCCC)CO[C@H]1O[C@@H](CO[C@H]2O[C@@H](CO)[C@@H](O)C(O)C2O)[C@@H](O)C(O)C1O. The summed E-state index contributed by atoms with van der Waals surface area (Å²) in [5.41, 5.74) is 0. The molecule has 416 valence electrons. The second-order valence-electron chi connectivity index (χ2n) is 19.4. The third-order valence-corrected chi connectivity index (χ3v) is 13.0. The van der Waals surface area contributed by atoms with E-state index in [4.69, 9.17) is 28.4 Å². The Morgan fingerprint density at radius 1 is 0.444 bits per heavy atom. The molecule has 72 heavy (non-hydrogen) atoms. The van der Waals surface area contributed by atoms with Crippen LogP contribution in [0.5, 0.6) is 0 Å². The van der Waals surface area contributed by atoms with Crippen LogP contribution >= 0.6 is 0 Å². The molecule has 7 N–H and O–H groups in total. The van der Waals surface area contributed by atoms with Gasteiger partial charge in [0.25, 0.3) is 0 Å². The van der Waals surface area contributed by atoms with Gasteiger partial charge >= 0.3 is 11.9 Å². The van der Waals surface area contributed by atoms with Crippen molar-refractivity contribution in [3.63, 3.8) is 0 Å². The first-order valence-electron chi connectivity index (χ1n) is 27.9. The van der Waals surface area contributed by atoms with Crippen LogP contribution in [0.2, 0.25) is 0 Å². The Morgan fingerprint density at radius 2 is 0.861 bits per heavy atom. The molecule has 0 radical (unpaired) electrons. The largest absolute Gasteiger partial charge is 0.462 e. The summed E-state index contributed by atoms with van der Waals surface area (Å²) in [7, 11) is 0. The summed E-state index contributed by atoms with van der Waals surface area (Å²) >= 11 is 0. The van der Waals surface area contributed by atoms with Crippen molar-refractivity contribution in [1.29, 1.82) is 0 Å². The van der Waals surface area contributed by atoms with Crippen LogP contribution in [0.15, 0.2) is 60.8 Å². The van der Waals surface area contributed by atoms with Crippen molar-refractivity contribution in [3.05, 3.63) is 60.8 Å². The molecule has 0 saturated carbocycles. The van der Waals surface area contributed by atoms with Crippen molar-refractivity contribution >= 4 is 11.9 Å². The monoisotopic (exact) mass is 1020 g/mol. The van der Waals surface area contributed by atoms with Gasteiger partial charge in [0.05, 0.1) is 19.8 Å². The predicted octanol–water partition coefficient (Wildman–Crippen LogP) is 8.83. The molecule has 0 aromatic heterocycles. The number of unbranched alkanes of at least 4 members (excludes halogenated alkanes) is 19. The van der Waals surface area contributed by atoms with Crippen molar-refractivity contribution < 1.29 is 73.8 Å². The fraction of sp³-hybridized carbons (Fsp3) is 0.789. The lowest BCUT2D eigenvalue weighted by molar-refractivity contribution is -0.332. The smallest absolute Gasteiger partial charge is 0.306 e. The van der Waals surface area contributed by atoms with Crippen molar-refractivity contribution in [2.24, 2.45) is 0 Å². The Morgan fingerprint density at radius 3 is 1.36 bits per heavy atom. The van der Waals surface area contributed by atoms with Gasteiger partial charge in [-0.15, -0.1) is 0 Å². The maximum absolute atomic E-state index is 13.0. The average molecular weight is 1020 g/mol. The predicted molar refractivity (Wildman–Crippen MR) is 280 cm³/mol. The summed E-state index contributed by atoms with van der Waals surface area (Å²) in [5, 5.41) is 72.2. The van der Waals surface area contributed by atoms with E-state index in [1.807, 2.05) is 12.2 Å². The van der Waals surface area contributed by atoms with Crippen LogP contribution in [0.4, 0.5) is 0 Å². The van der Waals surface area contributed by atoms with Crippen LogP contribution in [0.3, 0.4) is 0 Å². The number of rotatable bonds is 43. The zero-order chi connectivity index (χ0) is 52.4. The van der Waals surface area contributed by atoms with Crippen molar-refractivity contribution in [3.8, 4) is 0 Å². The molecule has 0 bridgehead atoms. The highest BCUT2D eigenvalue weighted by Crippen LogP contribution is 2.26. The fourth-order valence-electron chi connectivity index (χ4n) is 8.44. The number of esters is 2. The minimum atomic E-state index is -1.78. The quantitative estimate of drug-likeness (QED) is 0.0172. The third kappa shape index (κ3) is 30.5. The maximum atomic E-state index is 13.0. The molecule has 15 heteroatoms. The minimum absolute atomic E-state index is 0.0413. The molecule has 15 nitrogen and oxygen atoms in total. The first kappa shape index (κ1) is 65.3. The van der Waals surface area contributed by atoms with Crippen LogP contribution in [0.25, 0.3) is 0 Å². The van der Waals surface area contributed by atoms with Gasteiger partial charge in [0.1, 0.15) is 55.4 Å². The Balaban J connectivity index is 1.81. The molecule has 2 aliphatic heterocycles. The number of aliphatic hydroxyl groups excluding tert-OH is 7. The molecular weight excluding hydrogens is 925 g/mol. The second-order valence-corrected chi connectivity index (χ2v) is 19.4. The van der Waals surface area contributed by atoms with Gasteiger partial charge in [-0.3, -0.25) is 9.59 Å². The molecule has 4 unspecified atom stereocenters. The van der Waals surface area contributed by atoms with Gasteiger partial charge in [-0.2, -0.15) is 0 Å². The number of hydrogen-bond acceptors (Lipinski definition) is 15. The number of ether oxygens (including phenoxy) is 6. The molecule has 0 spiro atoms. The van der Waals surface area contributed by atoms with E-state index in [1.165, 1.54) is 103 Å². The van der Waals surface area contributed by atoms with Gasteiger partial charge in [-0.25, -0.2) is 0 Å². The summed E-state index contributed by atoms with van der Waals surface area (Å²) in [4.78, 5) is 25.8. The molecule has 0 amide bonds. The fourth-order valence-corrected chi connectivity index (χ4v) is 8.44. The Hall–Kier alpha value is -2.80. The average Bonchev–Trinajstić information content (AvgIpc) is 3.37. The molecule has 0 aromatic rings. The molecule has 2 rings (SSSR count). The molecule has 2 heterocycles. The third-order valence-electron chi connectivity index (χ3n) is 13.0. The molecule has 0 aliphatic carbocycles. The zero-order valence-electron chi connectivity index (χ0n) is 44.1. The number of carbonyl (C=O) groups is 2. The van der Waals surface area contributed by atoms with E-state index in [-0.39, 0.29) is 19.4 Å². The zero-order valence-corrected chi connectivity index (χ0v) is 44.1. The van der Waals surface area contributed by atoms with E-state index in [0.29, 0.717) is 19.3 Å². The van der Waals surface area contributed by atoms with Crippen LogP contribution in [-0.4, -0.2) is 142 Å². The van der Waals surface area contributed by atoms with Crippen molar-refractivity contribution in [1.82, 2.24) is 0 Å². The Kier molecular flexibility index (Phi) is 39.4. The summed E-state index contributed by atoms with van der Waals surface area (Å²) < 4.78 is 33.6. The lowest BCUT2D eigenvalue weighted by atomic mass is 9.98. The molecule has 2 saturated heterocycles. The number of aliphatic hydroxyl groups is 7. The lowest BCUT2D eigenvalue weighted by Crippen LogP contribution is -2.61. The molecule has 0 aromatic carbocycles. The Labute approximate surface area is 432 Å². The van der Waals surface area contributed by atoms with Gasteiger partial charge in [-0.1, -0.05) is 190 Å². The van der Waals surface area contributed by atoms with Crippen LogP contribution in [-0.2, 0) is 38.0 Å². The van der Waals surface area contributed by atoms with E-state index in [0.717, 1.165) is 44.9 Å². The Bertz CT molecular complexity index is 1480. The highest BCUT2D eigenvalue weighted by molar-refractivity contribution is 5.70. The summed E-state index contributed by atoms with van der Waals surface area (Å²) in [5.74, 6) is -1.02. The normalized spacial score (nSPS) is 25.5. The van der Waals surface area contributed by atoms with Gasteiger partial charge in [0.2, 0.25) is 0 Å². The van der Waals surface area contributed by atoms with Gasteiger partial charge in [0.15, 0.2) is 18.7 Å². The van der Waals surface area contributed by atoms with Gasteiger partial charge in [-0.05, 0) is 51.4 Å². The van der Waals surface area contributed by atoms with Crippen LogP contribution in [0.1, 0.15) is 194 Å². The molecular formula is C57H98O15. The lowest BCUT2D eigenvalue weighted by Gasteiger charge is -2.42. The van der Waals surface area contributed by atoms with Gasteiger partial charge in [0, 0.05) is 12.8 Å².